The predicted molar refractivity (Wildman–Crippen MR) is 62.1 cm³/mol. The summed E-state index contributed by atoms with van der Waals surface area (Å²) in [7, 11) is 0. The zero-order valence-corrected chi connectivity index (χ0v) is 9.27. The summed E-state index contributed by atoms with van der Waals surface area (Å²) in [5.74, 6) is -0.229. The van der Waals surface area contributed by atoms with Gasteiger partial charge in [-0.15, -0.1) is 0 Å². The summed E-state index contributed by atoms with van der Waals surface area (Å²) in [6.45, 7) is 0.463. The first-order valence-electron chi connectivity index (χ1n) is 5.44. The van der Waals surface area contributed by atoms with Gasteiger partial charge in [0, 0.05) is 37.1 Å². The minimum Gasteiger partial charge on any atom is -0.398 e. The molecule has 1 atom stereocenters. The van der Waals surface area contributed by atoms with E-state index in [1.807, 2.05) is 0 Å². The highest BCUT2D eigenvalue weighted by Crippen LogP contribution is 2.10. The van der Waals surface area contributed by atoms with Crippen molar-refractivity contribution in [2.24, 2.45) is 0 Å². The number of hydrogen-bond donors (Lipinski definition) is 3. The van der Waals surface area contributed by atoms with Crippen molar-refractivity contribution in [1.29, 1.82) is 0 Å². The average Bonchev–Trinajstić information content (AvgIpc) is 2.32. The Morgan fingerprint density at radius 3 is 3.06 bits per heavy atom. The third kappa shape index (κ3) is 2.72. The van der Waals surface area contributed by atoms with Gasteiger partial charge in [0.25, 0.3) is 5.91 Å². The molecule has 90 valence electrons. The van der Waals surface area contributed by atoms with Gasteiger partial charge in [0.2, 0.25) is 5.91 Å². The molecule has 6 nitrogen and oxygen atoms in total. The van der Waals surface area contributed by atoms with Crippen molar-refractivity contribution in [2.75, 3.05) is 12.3 Å². The molecule has 2 rings (SSSR count). The fourth-order valence-corrected chi connectivity index (χ4v) is 1.71. The van der Waals surface area contributed by atoms with Crippen molar-refractivity contribution in [3.05, 3.63) is 24.0 Å². The largest absolute Gasteiger partial charge is 0.398 e. The summed E-state index contributed by atoms with van der Waals surface area (Å²) < 4.78 is 0. The minimum atomic E-state index is -0.253. The lowest BCUT2D eigenvalue weighted by Crippen LogP contribution is -2.47. The van der Waals surface area contributed by atoms with Crippen LogP contribution in [0.2, 0.25) is 0 Å². The van der Waals surface area contributed by atoms with Crippen LogP contribution in [0, 0.1) is 0 Å². The number of nitrogens with two attached hydrogens (primary N) is 1. The summed E-state index contributed by atoms with van der Waals surface area (Å²) in [6.07, 6.45) is 4.06. The first-order chi connectivity index (χ1) is 8.16. The minimum absolute atomic E-state index is 0.0244. The molecule has 1 aliphatic heterocycles. The van der Waals surface area contributed by atoms with Crippen LogP contribution in [0.5, 0.6) is 0 Å². The zero-order chi connectivity index (χ0) is 12.3. The lowest BCUT2D eigenvalue weighted by Gasteiger charge is -2.23. The van der Waals surface area contributed by atoms with Crippen molar-refractivity contribution in [2.45, 2.75) is 18.9 Å². The zero-order valence-electron chi connectivity index (χ0n) is 9.27. The molecule has 0 aromatic carbocycles. The number of rotatable bonds is 2. The molecule has 1 unspecified atom stereocenters. The number of piperidine rings is 1. The molecule has 1 fully saturated rings. The van der Waals surface area contributed by atoms with Crippen molar-refractivity contribution in [1.82, 2.24) is 15.6 Å². The number of carbonyl (C=O) groups is 2. The molecule has 4 N–H and O–H groups in total. The van der Waals surface area contributed by atoms with Crippen LogP contribution in [-0.4, -0.2) is 29.4 Å². The molecule has 0 bridgehead atoms. The van der Waals surface area contributed by atoms with Gasteiger partial charge in [0.1, 0.15) is 0 Å². The number of nitrogens with zero attached hydrogens (tertiary/aromatic N) is 1. The number of nitrogen functional groups attached to an aromatic ring is 1. The predicted octanol–water partition coefficient (Wildman–Crippen LogP) is -0.328. The number of anilines is 1. The van der Waals surface area contributed by atoms with Gasteiger partial charge < -0.3 is 16.4 Å². The molecule has 1 saturated heterocycles. The maximum absolute atomic E-state index is 11.9. The van der Waals surface area contributed by atoms with Crippen LogP contribution in [0.25, 0.3) is 0 Å². The van der Waals surface area contributed by atoms with Gasteiger partial charge in [-0.05, 0) is 12.5 Å². The SMILES string of the molecule is Nc1ccncc1C(=O)NC1CCC(=O)NC1. The van der Waals surface area contributed by atoms with E-state index >= 15 is 0 Å². The van der Waals surface area contributed by atoms with Crippen LogP contribution in [0.4, 0.5) is 5.69 Å². The summed E-state index contributed by atoms with van der Waals surface area (Å²) in [6, 6.07) is 1.54. The van der Waals surface area contributed by atoms with E-state index in [0.29, 0.717) is 30.6 Å². The Morgan fingerprint density at radius 1 is 1.59 bits per heavy atom. The molecule has 2 heterocycles. The first kappa shape index (κ1) is 11.4. The van der Waals surface area contributed by atoms with Crippen molar-refractivity contribution < 1.29 is 9.59 Å². The molecule has 6 heteroatoms. The van der Waals surface area contributed by atoms with E-state index < -0.39 is 0 Å². The fourth-order valence-electron chi connectivity index (χ4n) is 1.71. The van der Waals surface area contributed by atoms with Gasteiger partial charge >= 0.3 is 0 Å². The van der Waals surface area contributed by atoms with Gasteiger partial charge in [-0.3, -0.25) is 14.6 Å². The number of hydrogen-bond acceptors (Lipinski definition) is 4. The normalized spacial score (nSPS) is 19.5. The summed E-state index contributed by atoms with van der Waals surface area (Å²) in [4.78, 5) is 26.7. The Morgan fingerprint density at radius 2 is 2.41 bits per heavy atom. The first-order valence-corrected chi connectivity index (χ1v) is 5.44. The summed E-state index contributed by atoms with van der Waals surface area (Å²) in [5, 5.41) is 5.53. The van der Waals surface area contributed by atoms with Crippen LogP contribution >= 0.6 is 0 Å². The number of carbonyl (C=O) groups excluding carboxylic acids is 2. The number of amides is 2. The van der Waals surface area contributed by atoms with Crippen molar-refractivity contribution in [3.8, 4) is 0 Å². The number of aromatic nitrogens is 1. The Hall–Kier alpha value is -2.11. The smallest absolute Gasteiger partial charge is 0.255 e. The van der Waals surface area contributed by atoms with Crippen molar-refractivity contribution in [3.63, 3.8) is 0 Å². The van der Waals surface area contributed by atoms with E-state index in [1.165, 1.54) is 12.4 Å². The van der Waals surface area contributed by atoms with Crippen molar-refractivity contribution >= 4 is 17.5 Å². The molecule has 17 heavy (non-hydrogen) atoms. The lowest BCUT2D eigenvalue weighted by atomic mass is 10.1. The third-order valence-electron chi connectivity index (χ3n) is 2.70. The molecule has 0 saturated carbocycles. The molecule has 1 aromatic heterocycles. The van der Waals surface area contributed by atoms with Crippen LogP contribution in [0.3, 0.4) is 0 Å². The van der Waals surface area contributed by atoms with Gasteiger partial charge in [-0.1, -0.05) is 0 Å². The molecular weight excluding hydrogens is 220 g/mol. The van der Waals surface area contributed by atoms with Gasteiger partial charge in [0.05, 0.1) is 5.56 Å². The van der Waals surface area contributed by atoms with E-state index in [2.05, 4.69) is 15.6 Å². The highest BCUT2D eigenvalue weighted by Gasteiger charge is 2.20. The van der Waals surface area contributed by atoms with E-state index in [-0.39, 0.29) is 17.9 Å². The molecular formula is C11H14N4O2. The van der Waals surface area contributed by atoms with Gasteiger partial charge in [-0.2, -0.15) is 0 Å². The van der Waals surface area contributed by atoms with Crippen LogP contribution in [-0.2, 0) is 4.79 Å². The van der Waals surface area contributed by atoms with E-state index in [9.17, 15) is 9.59 Å². The Labute approximate surface area is 98.6 Å². The highest BCUT2D eigenvalue weighted by molar-refractivity contribution is 5.99. The molecule has 1 aliphatic rings. The molecule has 2 amide bonds. The number of nitrogens with one attached hydrogen (secondary N) is 2. The van der Waals surface area contributed by atoms with E-state index in [4.69, 9.17) is 5.73 Å². The molecule has 0 spiro atoms. The fraction of sp³-hybridized carbons (Fsp3) is 0.364. The monoisotopic (exact) mass is 234 g/mol. The van der Waals surface area contributed by atoms with E-state index in [0.717, 1.165) is 0 Å². The van der Waals surface area contributed by atoms with Crippen LogP contribution in [0.1, 0.15) is 23.2 Å². The second-order valence-electron chi connectivity index (χ2n) is 3.98. The average molecular weight is 234 g/mol. The maximum Gasteiger partial charge on any atom is 0.255 e. The Kier molecular flexibility index (Phi) is 3.22. The summed E-state index contributed by atoms with van der Waals surface area (Å²) in [5.41, 5.74) is 6.44. The standard InChI is InChI=1S/C11H14N4O2/c12-9-3-4-13-6-8(9)11(17)15-7-1-2-10(16)14-5-7/h3-4,6-7H,1-2,5H2,(H2,12,13)(H,14,16)(H,15,17). The second kappa shape index (κ2) is 4.82. The number of pyridine rings is 1. The lowest BCUT2D eigenvalue weighted by molar-refractivity contribution is -0.122. The molecule has 1 aromatic rings. The van der Waals surface area contributed by atoms with Gasteiger partial charge in [-0.25, -0.2) is 0 Å². The second-order valence-corrected chi connectivity index (χ2v) is 3.98. The molecule has 0 aliphatic carbocycles. The van der Waals surface area contributed by atoms with Gasteiger partial charge in [0.15, 0.2) is 0 Å². The topological polar surface area (TPSA) is 97.1 Å². The Bertz CT molecular complexity index is 437. The third-order valence-corrected chi connectivity index (χ3v) is 2.70. The maximum atomic E-state index is 11.9. The molecule has 0 radical (unpaired) electrons. The van der Waals surface area contributed by atoms with Crippen LogP contribution in [0.15, 0.2) is 18.5 Å². The Balaban J connectivity index is 1.98. The highest BCUT2D eigenvalue weighted by atomic mass is 16.2. The quantitative estimate of drug-likeness (QED) is 0.652. The van der Waals surface area contributed by atoms with Crippen LogP contribution < -0.4 is 16.4 Å². The summed E-state index contributed by atoms with van der Waals surface area (Å²) >= 11 is 0. The van der Waals surface area contributed by atoms with E-state index in [1.54, 1.807) is 6.07 Å².